The number of rotatable bonds is 3. The van der Waals surface area contributed by atoms with Crippen molar-refractivity contribution in [3.05, 3.63) is 34.9 Å². The first kappa shape index (κ1) is 13.3. The quantitative estimate of drug-likeness (QED) is 0.805. The molecule has 1 aromatic carbocycles. The Kier molecular flexibility index (Phi) is 3.66. The molecular weight excluding hydrogens is 277 g/mol. The predicted molar refractivity (Wildman–Crippen MR) is 64.2 cm³/mol. The zero-order valence-electron chi connectivity index (χ0n) is 10.1. The van der Waals surface area contributed by atoms with Gasteiger partial charge in [0.15, 0.2) is 0 Å². The molecule has 0 radical (unpaired) electrons. The Morgan fingerprint density at radius 2 is 2.16 bits per heavy atom. The molecule has 0 fully saturated rings. The number of hydrogen-bond acceptors (Lipinski definition) is 5. The normalized spacial score (nSPS) is 10.3. The fourth-order valence-corrected chi connectivity index (χ4v) is 1.70. The number of methoxy groups -OCH3 is 2. The van der Waals surface area contributed by atoms with Gasteiger partial charge in [-0.15, -0.1) is 5.10 Å². The van der Waals surface area contributed by atoms with Crippen LogP contribution in [-0.2, 0) is 4.74 Å². The monoisotopic (exact) mass is 285 g/mol. The van der Waals surface area contributed by atoms with Crippen LogP contribution in [0.3, 0.4) is 0 Å². The molecule has 2 rings (SSSR count). The van der Waals surface area contributed by atoms with Gasteiger partial charge in [0.2, 0.25) is 5.28 Å². The lowest BCUT2D eigenvalue weighted by Gasteiger charge is -2.09. The summed E-state index contributed by atoms with van der Waals surface area (Å²) < 4.78 is 24.5. The van der Waals surface area contributed by atoms with Crippen LogP contribution >= 0.6 is 11.6 Å². The van der Waals surface area contributed by atoms with E-state index in [1.807, 2.05) is 0 Å². The molecule has 0 amide bonds. The molecule has 0 aliphatic rings. The maximum atomic E-state index is 14.0. The highest BCUT2D eigenvalue weighted by Gasteiger charge is 2.22. The summed E-state index contributed by atoms with van der Waals surface area (Å²) >= 11 is 5.65. The van der Waals surface area contributed by atoms with Crippen molar-refractivity contribution < 1.29 is 18.7 Å². The Morgan fingerprint density at radius 1 is 1.42 bits per heavy atom. The van der Waals surface area contributed by atoms with Crippen LogP contribution in [0.4, 0.5) is 4.39 Å². The van der Waals surface area contributed by atoms with E-state index < -0.39 is 11.8 Å². The third kappa shape index (κ3) is 2.37. The van der Waals surface area contributed by atoms with E-state index in [0.717, 1.165) is 4.68 Å². The van der Waals surface area contributed by atoms with Gasteiger partial charge in [0.25, 0.3) is 0 Å². The number of carbonyl (C=O) groups is 1. The summed E-state index contributed by atoms with van der Waals surface area (Å²) in [4.78, 5) is 15.4. The van der Waals surface area contributed by atoms with Gasteiger partial charge < -0.3 is 9.47 Å². The third-order valence-electron chi connectivity index (χ3n) is 2.34. The molecule has 0 unspecified atom stereocenters. The predicted octanol–water partition coefficient (Wildman–Crippen LogP) is 1.85. The van der Waals surface area contributed by atoms with Crippen molar-refractivity contribution in [3.63, 3.8) is 0 Å². The Bertz CT molecular complexity index is 630. The number of ether oxygens (including phenoxy) is 2. The van der Waals surface area contributed by atoms with Gasteiger partial charge in [-0.05, 0) is 23.7 Å². The second-order valence-electron chi connectivity index (χ2n) is 3.41. The highest BCUT2D eigenvalue weighted by molar-refractivity contribution is 6.28. The van der Waals surface area contributed by atoms with Crippen molar-refractivity contribution in [2.24, 2.45) is 0 Å². The summed E-state index contributed by atoms with van der Waals surface area (Å²) in [5, 5.41) is 3.66. The SMILES string of the molecule is COC(=O)c1cccc(F)c1-n1nc(Cl)nc1OC. The standard InChI is InChI=1S/C11H9ClFN3O3/c1-18-9(17)6-4-3-5-7(13)8(6)16-11(19-2)14-10(12)15-16/h3-5H,1-2H3. The maximum absolute atomic E-state index is 14.0. The zero-order valence-corrected chi connectivity index (χ0v) is 10.8. The zero-order chi connectivity index (χ0) is 14.0. The topological polar surface area (TPSA) is 66.2 Å². The number of benzene rings is 1. The third-order valence-corrected chi connectivity index (χ3v) is 2.50. The van der Waals surface area contributed by atoms with Gasteiger partial charge in [-0.3, -0.25) is 0 Å². The van der Waals surface area contributed by atoms with E-state index in [9.17, 15) is 9.18 Å². The van der Waals surface area contributed by atoms with Crippen molar-refractivity contribution in [3.8, 4) is 11.7 Å². The Balaban J connectivity index is 2.70. The van der Waals surface area contributed by atoms with Gasteiger partial charge >= 0.3 is 12.0 Å². The Labute approximate surface area is 112 Å². The van der Waals surface area contributed by atoms with E-state index >= 15 is 0 Å². The van der Waals surface area contributed by atoms with Crippen molar-refractivity contribution >= 4 is 17.6 Å². The molecule has 0 spiro atoms. The highest BCUT2D eigenvalue weighted by atomic mass is 35.5. The van der Waals surface area contributed by atoms with Crippen LogP contribution in [0, 0.1) is 5.82 Å². The van der Waals surface area contributed by atoms with Gasteiger partial charge in [0.05, 0.1) is 19.8 Å². The lowest BCUT2D eigenvalue weighted by atomic mass is 10.1. The summed E-state index contributed by atoms with van der Waals surface area (Å²) in [6, 6.07) is 3.92. The number of aromatic nitrogens is 3. The number of carbonyl (C=O) groups excluding carboxylic acids is 1. The van der Waals surface area contributed by atoms with Crippen molar-refractivity contribution in [1.82, 2.24) is 14.8 Å². The second-order valence-corrected chi connectivity index (χ2v) is 3.74. The number of nitrogens with zero attached hydrogens (tertiary/aromatic N) is 3. The van der Waals surface area contributed by atoms with Crippen LogP contribution in [0.1, 0.15) is 10.4 Å². The number of hydrogen-bond donors (Lipinski definition) is 0. The molecule has 0 aliphatic carbocycles. The fourth-order valence-electron chi connectivity index (χ4n) is 1.56. The van der Waals surface area contributed by atoms with Gasteiger partial charge in [0, 0.05) is 0 Å². The molecule has 0 bridgehead atoms. The minimum absolute atomic E-state index is 0.0117. The molecule has 19 heavy (non-hydrogen) atoms. The lowest BCUT2D eigenvalue weighted by Crippen LogP contribution is -2.11. The van der Waals surface area contributed by atoms with Gasteiger partial charge in [0.1, 0.15) is 11.5 Å². The van der Waals surface area contributed by atoms with E-state index in [1.165, 1.54) is 32.4 Å². The van der Waals surface area contributed by atoms with E-state index in [-0.39, 0.29) is 22.5 Å². The Morgan fingerprint density at radius 3 is 2.79 bits per heavy atom. The summed E-state index contributed by atoms with van der Waals surface area (Å²) in [5.41, 5.74) is -0.145. The van der Waals surface area contributed by atoms with Crippen molar-refractivity contribution in [2.75, 3.05) is 14.2 Å². The molecule has 1 aromatic heterocycles. The maximum Gasteiger partial charge on any atom is 0.340 e. The molecular formula is C11H9ClFN3O3. The summed E-state index contributed by atoms with van der Waals surface area (Å²) in [6.07, 6.45) is 0. The average molecular weight is 286 g/mol. The summed E-state index contributed by atoms with van der Waals surface area (Å²) in [6.45, 7) is 0. The van der Waals surface area contributed by atoms with Crippen LogP contribution < -0.4 is 4.74 Å². The van der Waals surface area contributed by atoms with Crippen LogP contribution in [0.2, 0.25) is 5.28 Å². The lowest BCUT2D eigenvalue weighted by molar-refractivity contribution is 0.0600. The van der Waals surface area contributed by atoms with Crippen LogP contribution in [0.15, 0.2) is 18.2 Å². The molecule has 8 heteroatoms. The molecule has 2 aromatic rings. The molecule has 0 saturated heterocycles. The minimum Gasteiger partial charge on any atom is -0.467 e. The number of halogens is 2. The molecule has 1 heterocycles. The van der Waals surface area contributed by atoms with Crippen molar-refractivity contribution in [2.45, 2.75) is 0 Å². The van der Waals surface area contributed by atoms with Gasteiger partial charge in [-0.2, -0.15) is 9.67 Å². The van der Waals surface area contributed by atoms with E-state index in [4.69, 9.17) is 16.3 Å². The number of esters is 1. The van der Waals surface area contributed by atoms with Gasteiger partial charge in [-0.1, -0.05) is 6.07 Å². The molecule has 0 saturated carbocycles. The first-order valence-corrected chi connectivity index (χ1v) is 5.50. The van der Waals surface area contributed by atoms with Crippen LogP contribution in [0.25, 0.3) is 5.69 Å². The first-order chi connectivity index (χ1) is 9.08. The molecule has 0 N–H and O–H groups in total. The summed E-state index contributed by atoms with van der Waals surface area (Å²) in [7, 11) is 2.53. The molecule has 0 aliphatic heterocycles. The second kappa shape index (κ2) is 5.23. The largest absolute Gasteiger partial charge is 0.467 e. The van der Waals surface area contributed by atoms with E-state index in [0.29, 0.717) is 0 Å². The van der Waals surface area contributed by atoms with Gasteiger partial charge in [-0.25, -0.2) is 9.18 Å². The van der Waals surface area contributed by atoms with Crippen LogP contribution in [0.5, 0.6) is 6.01 Å². The average Bonchev–Trinajstić information content (AvgIpc) is 2.78. The first-order valence-electron chi connectivity index (χ1n) is 5.12. The highest BCUT2D eigenvalue weighted by Crippen LogP contribution is 2.24. The number of para-hydroxylation sites is 1. The molecule has 0 atom stereocenters. The summed E-state index contributed by atoms with van der Waals surface area (Å²) in [5.74, 6) is -1.38. The van der Waals surface area contributed by atoms with Crippen molar-refractivity contribution in [1.29, 1.82) is 0 Å². The minimum atomic E-state index is -0.705. The Hall–Kier alpha value is -2.15. The fraction of sp³-hybridized carbons (Fsp3) is 0.182. The molecule has 6 nitrogen and oxygen atoms in total. The molecule has 100 valence electrons. The van der Waals surface area contributed by atoms with E-state index in [2.05, 4.69) is 14.8 Å². The van der Waals surface area contributed by atoms with E-state index in [1.54, 1.807) is 0 Å². The smallest absolute Gasteiger partial charge is 0.340 e. The van der Waals surface area contributed by atoms with Crippen LogP contribution in [-0.4, -0.2) is 35.0 Å².